The molecule has 1 saturated heterocycles. The molecule has 1 fully saturated rings. The molecule has 7 nitrogen and oxygen atoms in total. The molecule has 1 aromatic carbocycles. The number of nitrogens with one attached hydrogen (secondary N) is 3. The number of aromatic amines is 1. The van der Waals surface area contributed by atoms with Gasteiger partial charge in [-0.15, -0.1) is 0 Å². The van der Waals surface area contributed by atoms with E-state index in [1.165, 1.54) is 0 Å². The lowest BCUT2D eigenvalue weighted by molar-refractivity contribution is 0.195. The predicted molar refractivity (Wildman–Crippen MR) is 106 cm³/mol. The van der Waals surface area contributed by atoms with Crippen LogP contribution in [0.2, 0.25) is 5.02 Å². The van der Waals surface area contributed by atoms with Crippen molar-refractivity contribution in [2.24, 2.45) is 0 Å². The maximum Gasteiger partial charge on any atom is 0.253 e. The van der Waals surface area contributed by atoms with Gasteiger partial charge in [-0.1, -0.05) is 23.7 Å². The Hall–Kier alpha value is -2.64. The lowest BCUT2D eigenvalue weighted by Gasteiger charge is -2.16. The van der Waals surface area contributed by atoms with Crippen LogP contribution in [0, 0.1) is 0 Å². The third-order valence-corrected chi connectivity index (χ3v) is 4.92. The number of para-hydroxylation sites is 1. The van der Waals surface area contributed by atoms with E-state index in [1.54, 1.807) is 12.3 Å². The van der Waals surface area contributed by atoms with E-state index in [0.717, 1.165) is 24.2 Å². The Morgan fingerprint density at radius 3 is 3.07 bits per heavy atom. The van der Waals surface area contributed by atoms with Gasteiger partial charge in [-0.05, 0) is 31.5 Å². The third kappa shape index (κ3) is 3.89. The monoisotopic (exact) mass is 385 g/mol. The molecule has 2 aromatic heterocycles. The van der Waals surface area contributed by atoms with Gasteiger partial charge in [-0.25, -0.2) is 4.98 Å². The van der Waals surface area contributed by atoms with Crippen LogP contribution >= 0.6 is 11.6 Å². The topological polar surface area (TPSA) is 91.9 Å². The molecule has 4 rings (SSSR count). The fourth-order valence-corrected chi connectivity index (χ4v) is 3.40. The summed E-state index contributed by atoms with van der Waals surface area (Å²) in [5.74, 6) is 1.19. The maximum atomic E-state index is 12.5. The van der Waals surface area contributed by atoms with Gasteiger partial charge in [0, 0.05) is 23.8 Å². The van der Waals surface area contributed by atoms with E-state index < -0.39 is 0 Å². The Balaban J connectivity index is 1.55. The van der Waals surface area contributed by atoms with Crippen LogP contribution in [0.4, 0.5) is 11.8 Å². The molecule has 0 amide bonds. The number of halogens is 1. The van der Waals surface area contributed by atoms with Gasteiger partial charge in [-0.2, -0.15) is 4.98 Å². The van der Waals surface area contributed by atoms with Gasteiger partial charge in [0.15, 0.2) is 0 Å². The maximum absolute atomic E-state index is 12.5. The summed E-state index contributed by atoms with van der Waals surface area (Å²) in [6.07, 6.45) is 2.64. The zero-order valence-corrected chi connectivity index (χ0v) is 15.6. The molecule has 3 aromatic rings. The van der Waals surface area contributed by atoms with Crippen molar-refractivity contribution in [3.8, 4) is 0 Å². The zero-order chi connectivity index (χ0) is 18.8. The smallest absolute Gasteiger partial charge is 0.253 e. The number of pyridine rings is 1. The second-order valence-electron chi connectivity index (χ2n) is 6.59. The number of rotatable bonds is 5. The standard InChI is InChI=1S/C19H20ClN5O2/c1-11(14-9-12-3-2-4-15(20)17(12)25-18(14)26)22-19-21-7-5-16(24-19)23-13-6-8-27-10-13/h2-5,7,9,11,13H,6,8,10H2,1H3,(H,25,26)(H2,21,22,23,24)/t11-,13?/m0/s1. The minimum absolute atomic E-state index is 0.187. The van der Waals surface area contributed by atoms with Crippen LogP contribution in [0.1, 0.15) is 24.9 Å². The highest BCUT2D eigenvalue weighted by Crippen LogP contribution is 2.23. The molecule has 8 heteroatoms. The summed E-state index contributed by atoms with van der Waals surface area (Å²) >= 11 is 6.16. The predicted octanol–water partition coefficient (Wildman–Crippen LogP) is 3.35. The first-order valence-corrected chi connectivity index (χ1v) is 9.23. The first-order valence-electron chi connectivity index (χ1n) is 8.85. The molecule has 2 atom stereocenters. The van der Waals surface area contributed by atoms with Crippen LogP contribution < -0.4 is 16.2 Å². The minimum atomic E-state index is -0.276. The van der Waals surface area contributed by atoms with Gasteiger partial charge in [-0.3, -0.25) is 4.79 Å². The molecule has 0 saturated carbocycles. The van der Waals surface area contributed by atoms with Gasteiger partial charge in [0.25, 0.3) is 5.56 Å². The van der Waals surface area contributed by atoms with Crippen molar-refractivity contribution >= 4 is 34.3 Å². The van der Waals surface area contributed by atoms with Crippen molar-refractivity contribution in [1.29, 1.82) is 0 Å². The van der Waals surface area contributed by atoms with Crippen molar-refractivity contribution < 1.29 is 4.74 Å². The van der Waals surface area contributed by atoms with E-state index in [0.29, 0.717) is 28.7 Å². The number of fused-ring (bicyclic) bond motifs is 1. The highest BCUT2D eigenvalue weighted by Gasteiger charge is 2.17. The van der Waals surface area contributed by atoms with E-state index in [2.05, 4.69) is 25.6 Å². The molecular formula is C19H20ClN5O2. The molecule has 3 heterocycles. The van der Waals surface area contributed by atoms with Gasteiger partial charge >= 0.3 is 0 Å². The van der Waals surface area contributed by atoms with Crippen molar-refractivity contribution in [2.75, 3.05) is 23.8 Å². The fourth-order valence-electron chi connectivity index (χ4n) is 3.17. The highest BCUT2D eigenvalue weighted by atomic mass is 35.5. The number of aromatic nitrogens is 3. The second kappa shape index (κ2) is 7.54. The fraction of sp³-hybridized carbons (Fsp3) is 0.316. The lowest BCUT2D eigenvalue weighted by Crippen LogP contribution is -2.22. The molecule has 1 aliphatic heterocycles. The summed E-state index contributed by atoms with van der Waals surface area (Å²) in [5, 5.41) is 7.94. The van der Waals surface area contributed by atoms with E-state index in [1.807, 2.05) is 31.2 Å². The van der Waals surface area contributed by atoms with E-state index in [9.17, 15) is 4.79 Å². The zero-order valence-electron chi connectivity index (χ0n) is 14.8. The van der Waals surface area contributed by atoms with Gasteiger partial charge in [0.05, 0.1) is 29.2 Å². The van der Waals surface area contributed by atoms with Gasteiger partial charge in [0.1, 0.15) is 5.82 Å². The largest absolute Gasteiger partial charge is 0.379 e. The van der Waals surface area contributed by atoms with Crippen molar-refractivity contribution in [3.63, 3.8) is 0 Å². The number of benzene rings is 1. The van der Waals surface area contributed by atoms with Crippen LogP contribution in [-0.4, -0.2) is 34.2 Å². The Kier molecular flexibility index (Phi) is 4.96. The molecule has 1 unspecified atom stereocenters. The molecular weight excluding hydrogens is 366 g/mol. The van der Waals surface area contributed by atoms with E-state index in [-0.39, 0.29) is 17.6 Å². The summed E-state index contributed by atoms with van der Waals surface area (Å²) < 4.78 is 5.37. The Morgan fingerprint density at radius 1 is 1.37 bits per heavy atom. The van der Waals surface area contributed by atoms with E-state index >= 15 is 0 Å². The summed E-state index contributed by atoms with van der Waals surface area (Å²) in [4.78, 5) is 24.1. The average molecular weight is 386 g/mol. The van der Waals surface area contributed by atoms with Crippen LogP contribution in [0.5, 0.6) is 0 Å². The van der Waals surface area contributed by atoms with Crippen molar-refractivity contribution in [1.82, 2.24) is 15.0 Å². The molecule has 0 radical (unpaired) electrons. The molecule has 140 valence electrons. The number of hydrogen-bond donors (Lipinski definition) is 3. The first-order chi connectivity index (χ1) is 13.1. The number of ether oxygens (including phenoxy) is 1. The Morgan fingerprint density at radius 2 is 2.26 bits per heavy atom. The number of H-pyrrole nitrogens is 1. The quantitative estimate of drug-likeness (QED) is 0.623. The summed E-state index contributed by atoms with van der Waals surface area (Å²) in [6.45, 7) is 3.34. The molecule has 0 bridgehead atoms. The summed E-state index contributed by atoms with van der Waals surface area (Å²) in [6, 6.07) is 9.17. The normalized spacial score (nSPS) is 17.8. The molecule has 1 aliphatic rings. The highest BCUT2D eigenvalue weighted by molar-refractivity contribution is 6.35. The Bertz CT molecular complexity index is 1020. The lowest BCUT2D eigenvalue weighted by atomic mass is 10.1. The van der Waals surface area contributed by atoms with Crippen LogP contribution in [-0.2, 0) is 4.74 Å². The molecule has 27 heavy (non-hydrogen) atoms. The SMILES string of the molecule is C[C@H](Nc1nccc(NC2CCOC2)n1)c1cc2cccc(Cl)c2[nH]c1=O. The molecule has 0 spiro atoms. The van der Waals surface area contributed by atoms with Crippen LogP contribution in [0.25, 0.3) is 10.9 Å². The number of hydrogen-bond acceptors (Lipinski definition) is 6. The Labute approximate surface area is 161 Å². The third-order valence-electron chi connectivity index (χ3n) is 4.61. The second-order valence-corrected chi connectivity index (χ2v) is 7.00. The number of anilines is 2. The van der Waals surface area contributed by atoms with Gasteiger partial charge in [0.2, 0.25) is 5.95 Å². The summed E-state index contributed by atoms with van der Waals surface area (Å²) in [7, 11) is 0. The van der Waals surface area contributed by atoms with Crippen LogP contribution in [0.15, 0.2) is 41.3 Å². The van der Waals surface area contributed by atoms with Crippen LogP contribution in [0.3, 0.4) is 0 Å². The minimum Gasteiger partial charge on any atom is -0.379 e. The molecule has 0 aliphatic carbocycles. The van der Waals surface area contributed by atoms with Crippen molar-refractivity contribution in [2.45, 2.75) is 25.4 Å². The summed E-state index contributed by atoms with van der Waals surface area (Å²) in [5.41, 5.74) is 1.05. The molecule has 3 N–H and O–H groups in total. The van der Waals surface area contributed by atoms with Gasteiger partial charge < -0.3 is 20.4 Å². The van der Waals surface area contributed by atoms with Crippen molar-refractivity contribution in [3.05, 3.63) is 57.5 Å². The first kappa shape index (κ1) is 17.8. The average Bonchev–Trinajstić information content (AvgIpc) is 3.15. The number of nitrogens with zero attached hydrogens (tertiary/aromatic N) is 2. The van der Waals surface area contributed by atoms with E-state index in [4.69, 9.17) is 16.3 Å².